The van der Waals surface area contributed by atoms with Crippen LogP contribution in [0.15, 0.2) is 29.6 Å². The highest BCUT2D eigenvalue weighted by Crippen LogP contribution is 2.22. The van der Waals surface area contributed by atoms with E-state index in [1.54, 1.807) is 21.3 Å². The Hall–Kier alpha value is -1.62. The zero-order chi connectivity index (χ0) is 12.0. The molecule has 88 valence electrons. The second-order valence-electron chi connectivity index (χ2n) is 3.42. The molecule has 0 radical (unpaired) electrons. The molecule has 0 saturated heterocycles. The summed E-state index contributed by atoms with van der Waals surface area (Å²) in [4.78, 5) is 10.3. The average Bonchev–Trinajstić information content (AvgIpc) is 2.35. The predicted octanol–water partition coefficient (Wildman–Crippen LogP) is 2.00. The summed E-state index contributed by atoms with van der Waals surface area (Å²) in [6.45, 7) is 0.410. The van der Waals surface area contributed by atoms with Crippen molar-refractivity contribution in [2.45, 2.75) is 6.10 Å². The molecule has 0 spiro atoms. The lowest BCUT2D eigenvalue weighted by Crippen LogP contribution is -2.20. The fourth-order valence-electron chi connectivity index (χ4n) is 1.43. The molecule has 1 unspecified atom stereocenters. The minimum atomic E-state index is -0.196. The van der Waals surface area contributed by atoms with Crippen molar-refractivity contribution >= 4 is 0 Å². The Kier molecular flexibility index (Phi) is 4.72. The minimum Gasteiger partial charge on any atom is -0.497 e. The quantitative estimate of drug-likeness (QED) is 0.547. The van der Waals surface area contributed by atoms with Crippen LogP contribution in [0, 0.1) is 4.91 Å². The van der Waals surface area contributed by atoms with Crippen molar-refractivity contribution in [1.82, 2.24) is 5.01 Å². The Balaban J connectivity index is 2.81. The van der Waals surface area contributed by atoms with E-state index in [9.17, 15) is 4.91 Å². The van der Waals surface area contributed by atoms with E-state index in [4.69, 9.17) is 9.47 Å². The van der Waals surface area contributed by atoms with Gasteiger partial charge in [0.15, 0.2) is 0 Å². The van der Waals surface area contributed by atoms with Gasteiger partial charge in [-0.25, -0.2) is 0 Å². The van der Waals surface area contributed by atoms with E-state index in [-0.39, 0.29) is 6.10 Å². The number of rotatable bonds is 6. The maximum Gasteiger partial charge on any atom is 0.119 e. The standard InChI is InChI=1S/C11H16N2O3/c1-13(12-14)8-11(16-3)9-5-4-6-10(7-9)15-2/h4-7,11H,8H2,1-3H3. The van der Waals surface area contributed by atoms with Crippen molar-refractivity contribution in [2.24, 2.45) is 5.29 Å². The second-order valence-corrected chi connectivity index (χ2v) is 3.42. The average molecular weight is 224 g/mol. The molecule has 0 aliphatic carbocycles. The first-order valence-electron chi connectivity index (χ1n) is 4.92. The molecule has 5 nitrogen and oxygen atoms in total. The SMILES string of the molecule is COc1cccc(C(CN(C)N=O)OC)c1. The van der Waals surface area contributed by atoms with Crippen LogP contribution in [0.2, 0.25) is 0 Å². The van der Waals surface area contributed by atoms with Crippen LogP contribution < -0.4 is 4.74 Å². The first-order chi connectivity index (χ1) is 7.71. The van der Waals surface area contributed by atoms with Crippen LogP contribution >= 0.6 is 0 Å². The number of hydrogen-bond acceptors (Lipinski definition) is 4. The van der Waals surface area contributed by atoms with Gasteiger partial charge in [0.2, 0.25) is 0 Å². The molecular formula is C11H16N2O3. The number of ether oxygens (including phenoxy) is 2. The zero-order valence-corrected chi connectivity index (χ0v) is 9.71. The molecule has 0 aliphatic heterocycles. The van der Waals surface area contributed by atoms with E-state index in [2.05, 4.69) is 5.29 Å². The highest BCUT2D eigenvalue weighted by Gasteiger charge is 2.13. The van der Waals surface area contributed by atoms with Crippen molar-refractivity contribution < 1.29 is 9.47 Å². The van der Waals surface area contributed by atoms with Gasteiger partial charge in [-0.2, -0.15) is 0 Å². The number of methoxy groups -OCH3 is 2. The van der Waals surface area contributed by atoms with Crippen molar-refractivity contribution in [3.8, 4) is 5.75 Å². The van der Waals surface area contributed by atoms with Gasteiger partial charge in [0.05, 0.1) is 18.9 Å². The summed E-state index contributed by atoms with van der Waals surface area (Å²) < 4.78 is 10.4. The molecule has 1 aromatic carbocycles. The lowest BCUT2D eigenvalue weighted by Gasteiger charge is -2.19. The molecule has 0 saturated carbocycles. The lowest BCUT2D eigenvalue weighted by atomic mass is 10.1. The van der Waals surface area contributed by atoms with Gasteiger partial charge in [0.25, 0.3) is 0 Å². The molecule has 0 heterocycles. The summed E-state index contributed by atoms with van der Waals surface area (Å²) >= 11 is 0. The topological polar surface area (TPSA) is 51.1 Å². The number of benzene rings is 1. The van der Waals surface area contributed by atoms with Gasteiger partial charge in [-0.15, -0.1) is 4.91 Å². The first kappa shape index (κ1) is 12.4. The summed E-state index contributed by atoms with van der Waals surface area (Å²) in [6, 6.07) is 7.55. The number of nitroso groups, excluding NO2 is 1. The molecule has 0 bridgehead atoms. The van der Waals surface area contributed by atoms with Crippen molar-refractivity contribution in [3.63, 3.8) is 0 Å². The summed E-state index contributed by atoms with van der Waals surface area (Å²) in [6.07, 6.45) is -0.196. The predicted molar refractivity (Wildman–Crippen MR) is 61.2 cm³/mol. The van der Waals surface area contributed by atoms with Gasteiger partial charge in [-0.05, 0) is 17.7 Å². The number of nitrogens with zero attached hydrogens (tertiary/aromatic N) is 2. The second kappa shape index (κ2) is 6.07. The number of likely N-dealkylation sites (N-methyl/N-ethyl adjacent to an activating group) is 1. The molecule has 1 rings (SSSR count). The van der Waals surface area contributed by atoms with E-state index in [1.165, 1.54) is 5.01 Å². The third kappa shape index (κ3) is 3.20. The van der Waals surface area contributed by atoms with Crippen LogP contribution in [-0.4, -0.2) is 32.8 Å². The van der Waals surface area contributed by atoms with Crippen LogP contribution in [0.5, 0.6) is 5.75 Å². The molecule has 0 fully saturated rings. The minimum absolute atomic E-state index is 0.196. The summed E-state index contributed by atoms with van der Waals surface area (Å²) in [7, 11) is 4.82. The van der Waals surface area contributed by atoms with Crippen molar-refractivity contribution in [1.29, 1.82) is 0 Å². The van der Waals surface area contributed by atoms with E-state index >= 15 is 0 Å². The third-order valence-electron chi connectivity index (χ3n) is 2.32. The van der Waals surface area contributed by atoms with Crippen molar-refractivity contribution in [2.75, 3.05) is 27.8 Å². The monoisotopic (exact) mass is 224 g/mol. The first-order valence-corrected chi connectivity index (χ1v) is 4.92. The Morgan fingerprint density at radius 2 is 2.19 bits per heavy atom. The molecule has 1 atom stereocenters. The van der Waals surface area contributed by atoms with Crippen LogP contribution in [0.4, 0.5) is 0 Å². The molecule has 5 heteroatoms. The largest absolute Gasteiger partial charge is 0.497 e. The number of hydrogen-bond donors (Lipinski definition) is 0. The van der Waals surface area contributed by atoms with Gasteiger partial charge in [-0.1, -0.05) is 12.1 Å². The Morgan fingerprint density at radius 1 is 1.44 bits per heavy atom. The Labute approximate surface area is 94.9 Å². The fourth-order valence-corrected chi connectivity index (χ4v) is 1.43. The van der Waals surface area contributed by atoms with Gasteiger partial charge in [0.1, 0.15) is 11.9 Å². The van der Waals surface area contributed by atoms with E-state index in [1.807, 2.05) is 24.3 Å². The van der Waals surface area contributed by atoms with Gasteiger partial charge < -0.3 is 9.47 Å². The zero-order valence-electron chi connectivity index (χ0n) is 9.71. The molecular weight excluding hydrogens is 208 g/mol. The summed E-state index contributed by atoms with van der Waals surface area (Å²) in [5, 5.41) is 4.12. The van der Waals surface area contributed by atoms with Gasteiger partial charge in [-0.3, -0.25) is 5.01 Å². The molecule has 16 heavy (non-hydrogen) atoms. The van der Waals surface area contributed by atoms with E-state index < -0.39 is 0 Å². The smallest absolute Gasteiger partial charge is 0.119 e. The van der Waals surface area contributed by atoms with Crippen LogP contribution in [0.3, 0.4) is 0 Å². The lowest BCUT2D eigenvalue weighted by molar-refractivity contribution is 0.0718. The van der Waals surface area contributed by atoms with Gasteiger partial charge >= 0.3 is 0 Å². The summed E-state index contributed by atoms with van der Waals surface area (Å²) in [5.74, 6) is 0.765. The molecule has 0 aromatic heterocycles. The van der Waals surface area contributed by atoms with E-state index in [0.717, 1.165) is 11.3 Å². The molecule has 1 aromatic rings. The normalized spacial score (nSPS) is 11.9. The maximum absolute atomic E-state index is 10.3. The highest BCUT2D eigenvalue weighted by atomic mass is 16.5. The maximum atomic E-state index is 10.3. The fraction of sp³-hybridized carbons (Fsp3) is 0.455. The van der Waals surface area contributed by atoms with Crippen LogP contribution in [0.1, 0.15) is 11.7 Å². The van der Waals surface area contributed by atoms with Crippen LogP contribution in [0.25, 0.3) is 0 Å². The molecule has 0 aliphatic rings. The summed E-state index contributed by atoms with van der Waals surface area (Å²) in [5.41, 5.74) is 0.956. The van der Waals surface area contributed by atoms with Crippen LogP contribution in [-0.2, 0) is 4.74 Å². The Bertz CT molecular complexity index is 344. The molecule has 0 N–H and O–H groups in total. The van der Waals surface area contributed by atoms with E-state index in [0.29, 0.717) is 6.54 Å². The Morgan fingerprint density at radius 3 is 2.75 bits per heavy atom. The molecule has 0 amide bonds. The van der Waals surface area contributed by atoms with Gasteiger partial charge in [0, 0.05) is 14.2 Å². The van der Waals surface area contributed by atoms with Crippen molar-refractivity contribution in [3.05, 3.63) is 34.7 Å². The highest BCUT2D eigenvalue weighted by molar-refractivity contribution is 5.30. The third-order valence-corrected chi connectivity index (χ3v) is 2.32.